The minimum atomic E-state index is -3.22. The third kappa shape index (κ3) is 5.90. The molecule has 1 atom stereocenters. The Hall–Kier alpha value is -3.38. The van der Waals surface area contributed by atoms with E-state index in [0.717, 1.165) is 17.3 Å². The predicted octanol–water partition coefficient (Wildman–Crippen LogP) is 3.77. The molecule has 10 nitrogen and oxygen atoms in total. The SMILES string of the molecule is C=S(=O)(NC(=O)Nc1cccnc1)c1ccc2cc1OCCCCNc1nc(ncc1Br)N2. The van der Waals surface area contributed by atoms with Crippen LogP contribution in [0, 0.1) is 0 Å². The van der Waals surface area contributed by atoms with Gasteiger partial charge in [-0.25, -0.2) is 14.0 Å². The van der Waals surface area contributed by atoms with Crippen molar-refractivity contribution in [3.8, 4) is 5.75 Å². The van der Waals surface area contributed by atoms with Crippen molar-refractivity contribution in [2.45, 2.75) is 17.7 Å². The highest BCUT2D eigenvalue weighted by molar-refractivity contribution is 9.10. The molecule has 2 amide bonds. The van der Waals surface area contributed by atoms with Crippen molar-refractivity contribution >= 4 is 60.7 Å². The predicted molar refractivity (Wildman–Crippen MR) is 133 cm³/mol. The van der Waals surface area contributed by atoms with Crippen LogP contribution in [0.15, 0.2) is 58.3 Å². The maximum Gasteiger partial charge on any atom is 0.330 e. The van der Waals surface area contributed by atoms with Gasteiger partial charge in [-0.15, -0.1) is 0 Å². The molecule has 2 aromatic heterocycles. The lowest BCUT2D eigenvalue weighted by atomic mass is 10.3. The largest absolute Gasteiger partial charge is 0.492 e. The molecule has 0 fully saturated rings. The number of nitrogens with one attached hydrogen (secondary N) is 4. The van der Waals surface area contributed by atoms with Gasteiger partial charge in [-0.2, -0.15) is 4.98 Å². The van der Waals surface area contributed by atoms with Crippen molar-refractivity contribution < 1.29 is 13.7 Å². The number of urea groups is 1. The van der Waals surface area contributed by atoms with Crippen molar-refractivity contribution in [3.63, 3.8) is 0 Å². The van der Waals surface area contributed by atoms with Gasteiger partial charge < -0.3 is 20.7 Å². The smallest absolute Gasteiger partial charge is 0.330 e. The maximum atomic E-state index is 13.4. The first-order valence-electron chi connectivity index (χ1n) is 10.1. The van der Waals surface area contributed by atoms with E-state index >= 15 is 0 Å². The first-order chi connectivity index (χ1) is 15.9. The molecule has 12 heteroatoms. The molecule has 0 saturated carbocycles. The van der Waals surface area contributed by atoms with E-state index in [1.54, 1.807) is 42.7 Å². The van der Waals surface area contributed by atoms with Gasteiger partial charge in [0.2, 0.25) is 5.95 Å². The van der Waals surface area contributed by atoms with Crippen molar-refractivity contribution in [2.75, 3.05) is 29.1 Å². The van der Waals surface area contributed by atoms with Crippen LogP contribution in [0.4, 0.5) is 27.9 Å². The first kappa shape index (κ1) is 22.8. The Morgan fingerprint density at radius 1 is 1.24 bits per heavy atom. The van der Waals surface area contributed by atoms with E-state index < -0.39 is 15.7 Å². The van der Waals surface area contributed by atoms with Gasteiger partial charge in [0.25, 0.3) is 0 Å². The third-order valence-electron chi connectivity index (χ3n) is 4.60. The number of fused-ring (bicyclic) bond motifs is 4. The number of rotatable bonds is 3. The molecule has 1 aliphatic heterocycles. The topological polar surface area (TPSA) is 130 Å². The van der Waals surface area contributed by atoms with Crippen LogP contribution in [0.1, 0.15) is 12.8 Å². The van der Waals surface area contributed by atoms with Crippen molar-refractivity contribution in [3.05, 3.63) is 53.4 Å². The Balaban J connectivity index is 1.59. The van der Waals surface area contributed by atoms with Gasteiger partial charge in [0.15, 0.2) is 0 Å². The zero-order valence-electron chi connectivity index (χ0n) is 17.5. The summed E-state index contributed by atoms with van der Waals surface area (Å²) < 4.78 is 22.5. The molecule has 0 aliphatic carbocycles. The summed E-state index contributed by atoms with van der Waals surface area (Å²) in [6.07, 6.45) is 6.32. The Labute approximate surface area is 199 Å². The van der Waals surface area contributed by atoms with E-state index in [9.17, 15) is 9.00 Å². The van der Waals surface area contributed by atoms with Crippen molar-refractivity contribution in [2.24, 2.45) is 0 Å². The molecule has 4 rings (SSSR count). The summed E-state index contributed by atoms with van der Waals surface area (Å²) in [6, 6.07) is 7.69. The second kappa shape index (κ2) is 10.0. The van der Waals surface area contributed by atoms with E-state index in [1.807, 2.05) is 0 Å². The van der Waals surface area contributed by atoms with Crippen LogP contribution >= 0.6 is 15.9 Å². The molecule has 1 aliphatic rings. The Kier molecular flexibility index (Phi) is 6.94. The highest BCUT2D eigenvalue weighted by atomic mass is 79.9. The summed E-state index contributed by atoms with van der Waals surface area (Å²) in [7, 11) is -3.22. The summed E-state index contributed by atoms with van der Waals surface area (Å²) in [5.41, 5.74) is 1.10. The van der Waals surface area contributed by atoms with Crippen LogP contribution < -0.4 is 25.4 Å². The zero-order chi connectivity index (χ0) is 23.3. The lowest BCUT2D eigenvalue weighted by Gasteiger charge is -2.18. The van der Waals surface area contributed by atoms with E-state index in [4.69, 9.17) is 4.74 Å². The fraction of sp³-hybridized carbons (Fsp3) is 0.190. The molecule has 1 unspecified atom stereocenters. The van der Waals surface area contributed by atoms with Crippen LogP contribution in [-0.4, -0.2) is 44.2 Å². The maximum absolute atomic E-state index is 13.4. The standard InChI is InChI=1S/C21H22BrN7O3S/c1-33(31,29-21(30)27-15-5-4-8-23-12-15)18-7-6-14-11-17(18)32-10-3-2-9-24-19-16(22)13-25-20(26-14)28-19/h4-8,11-13H,1-3,9-10H2,(H2,24,25,26,28)(H2,27,29,30,31). The number of benzene rings is 1. The molecular weight excluding hydrogens is 510 g/mol. The van der Waals surface area contributed by atoms with Gasteiger partial charge in [-0.3, -0.25) is 9.71 Å². The van der Waals surface area contributed by atoms with Crippen molar-refractivity contribution in [1.29, 1.82) is 0 Å². The number of pyridine rings is 1. The quantitative estimate of drug-likeness (QED) is 0.375. The minimum Gasteiger partial charge on any atom is -0.492 e. The molecule has 4 N–H and O–H groups in total. The molecule has 3 aromatic rings. The number of carbonyl (C=O) groups is 1. The summed E-state index contributed by atoms with van der Waals surface area (Å²) in [5, 5.41) is 8.98. The number of nitrogens with zero attached hydrogens (tertiary/aromatic N) is 3. The number of aromatic nitrogens is 3. The van der Waals surface area contributed by atoms with E-state index in [0.29, 0.717) is 42.0 Å². The first-order valence-corrected chi connectivity index (χ1v) is 12.6. The number of ether oxygens (including phenoxy) is 1. The summed E-state index contributed by atoms with van der Waals surface area (Å²) in [5.74, 6) is 5.19. The van der Waals surface area contributed by atoms with Crippen LogP contribution in [0.2, 0.25) is 0 Å². The molecular formula is C21H22BrN7O3S. The molecule has 0 saturated heterocycles. The zero-order valence-corrected chi connectivity index (χ0v) is 19.9. The minimum absolute atomic E-state index is 0.278. The molecule has 0 radical (unpaired) electrons. The van der Waals surface area contributed by atoms with Gasteiger partial charge in [0, 0.05) is 30.7 Å². The Morgan fingerprint density at radius 2 is 2.12 bits per heavy atom. The van der Waals surface area contributed by atoms with Crippen LogP contribution in [-0.2, 0) is 9.71 Å². The fourth-order valence-electron chi connectivity index (χ4n) is 3.07. The van der Waals surface area contributed by atoms with Gasteiger partial charge in [0.05, 0.1) is 37.6 Å². The van der Waals surface area contributed by atoms with E-state index in [-0.39, 0.29) is 4.90 Å². The van der Waals surface area contributed by atoms with Crippen LogP contribution in [0.25, 0.3) is 0 Å². The summed E-state index contributed by atoms with van der Waals surface area (Å²) in [6.45, 7) is 1.10. The van der Waals surface area contributed by atoms with E-state index in [1.165, 1.54) is 6.20 Å². The summed E-state index contributed by atoms with van der Waals surface area (Å²) in [4.78, 5) is 25.4. The normalized spacial score (nSPS) is 15.1. The molecule has 3 heterocycles. The lowest BCUT2D eigenvalue weighted by Crippen LogP contribution is -2.34. The molecule has 0 spiro atoms. The number of hydrogen-bond donors (Lipinski definition) is 4. The summed E-state index contributed by atoms with van der Waals surface area (Å²) >= 11 is 3.45. The monoisotopic (exact) mass is 531 g/mol. The van der Waals surface area contributed by atoms with Gasteiger partial charge in [0.1, 0.15) is 11.6 Å². The van der Waals surface area contributed by atoms with Gasteiger partial charge in [-0.05, 0) is 58.9 Å². The van der Waals surface area contributed by atoms with Crippen LogP contribution in [0.5, 0.6) is 5.75 Å². The number of halogens is 1. The van der Waals surface area contributed by atoms with Gasteiger partial charge in [-0.1, -0.05) is 0 Å². The molecule has 172 valence electrons. The molecule has 1 aromatic carbocycles. The number of hydrogen-bond acceptors (Lipinski definition) is 8. The fourth-order valence-corrected chi connectivity index (χ4v) is 4.59. The highest BCUT2D eigenvalue weighted by Crippen LogP contribution is 2.30. The third-order valence-corrected chi connectivity index (χ3v) is 6.74. The lowest BCUT2D eigenvalue weighted by molar-refractivity contribution is 0.257. The van der Waals surface area contributed by atoms with Crippen LogP contribution in [0.3, 0.4) is 0 Å². The van der Waals surface area contributed by atoms with E-state index in [2.05, 4.69) is 57.4 Å². The Morgan fingerprint density at radius 3 is 2.94 bits per heavy atom. The van der Waals surface area contributed by atoms with Crippen molar-refractivity contribution in [1.82, 2.24) is 19.7 Å². The highest BCUT2D eigenvalue weighted by Gasteiger charge is 2.19. The van der Waals surface area contributed by atoms with Gasteiger partial charge >= 0.3 is 6.03 Å². The second-order valence-corrected chi connectivity index (χ2v) is 9.98. The second-order valence-electron chi connectivity index (χ2n) is 7.13. The molecule has 33 heavy (non-hydrogen) atoms. The molecule has 4 bridgehead atoms. The average Bonchev–Trinajstić information content (AvgIpc) is 2.78. The number of amides is 2. The number of anilines is 4. The average molecular weight is 532 g/mol. The Bertz CT molecular complexity index is 1260. The number of carbonyl (C=O) groups excluding carboxylic acids is 1.